The summed E-state index contributed by atoms with van der Waals surface area (Å²) in [5, 5.41) is 11.0. The topological polar surface area (TPSA) is 20.2 Å². The van der Waals surface area contributed by atoms with Gasteiger partial charge in [0.2, 0.25) is 0 Å². The first-order valence-electron chi connectivity index (χ1n) is 7.60. The van der Waals surface area contributed by atoms with E-state index in [2.05, 4.69) is 20.8 Å². The highest BCUT2D eigenvalue weighted by Gasteiger charge is 2.51. The molecule has 0 spiro atoms. The molecule has 0 aliphatic heterocycles. The van der Waals surface area contributed by atoms with Gasteiger partial charge < -0.3 is 5.11 Å². The fraction of sp³-hybridized carbons (Fsp3) is 1.00. The van der Waals surface area contributed by atoms with Gasteiger partial charge in [-0.2, -0.15) is 0 Å². The summed E-state index contributed by atoms with van der Waals surface area (Å²) in [4.78, 5) is 0. The molecule has 3 aliphatic rings. The van der Waals surface area contributed by atoms with Crippen molar-refractivity contribution in [1.82, 2.24) is 0 Å². The highest BCUT2D eigenvalue weighted by molar-refractivity contribution is 5.02. The van der Waals surface area contributed by atoms with Crippen LogP contribution >= 0.6 is 0 Å². The van der Waals surface area contributed by atoms with Crippen molar-refractivity contribution in [1.29, 1.82) is 0 Å². The van der Waals surface area contributed by atoms with E-state index in [1.54, 1.807) is 0 Å². The van der Waals surface area contributed by atoms with Crippen molar-refractivity contribution in [3.63, 3.8) is 0 Å². The van der Waals surface area contributed by atoms with Crippen molar-refractivity contribution in [2.45, 2.75) is 71.3 Å². The maximum absolute atomic E-state index is 11.0. The molecule has 0 aromatic heterocycles. The second-order valence-electron chi connectivity index (χ2n) is 8.19. The minimum Gasteiger partial charge on any atom is -0.390 e. The molecule has 17 heavy (non-hydrogen) atoms. The van der Waals surface area contributed by atoms with Crippen LogP contribution in [0.25, 0.3) is 0 Å². The molecule has 3 fully saturated rings. The molecular formula is C16H28O. The Bertz CT molecular complexity index is 309. The zero-order valence-corrected chi connectivity index (χ0v) is 11.7. The number of fused-ring (bicyclic) bond motifs is 2. The lowest BCUT2D eigenvalue weighted by molar-refractivity contribution is -0.0250. The summed E-state index contributed by atoms with van der Waals surface area (Å²) < 4.78 is 0. The first-order valence-corrected chi connectivity index (χ1v) is 7.60. The molecule has 1 nitrogen and oxygen atoms in total. The van der Waals surface area contributed by atoms with Crippen LogP contribution in [0.15, 0.2) is 0 Å². The highest BCUT2D eigenvalue weighted by atomic mass is 16.3. The third kappa shape index (κ3) is 2.05. The van der Waals surface area contributed by atoms with Gasteiger partial charge >= 0.3 is 0 Å². The molecule has 3 rings (SSSR count). The third-order valence-corrected chi connectivity index (χ3v) is 6.06. The van der Waals surface area contributed by atoms with Crippen molar-refractivity contribution in [3.8, 4) is 0 Å². The largest absolute Gasteiger partial charge is 0.390 e. The normalized spacial score (nSPS) is 52.2. The molecule has 0 aromatic carbocycles. The molecule has 98 valence electrons. The summed E-state index contributed by atoms with van der Waals surface area (Å²) in [6.45, 7) is 6.91. The van der Waals surface area contributed by atoms with Crippen LogP contribution < -0.4 is 0 Å². The van der Waals surface area contributed by atoms with E-state index in [1.165, 1.54) is 32.1 Å². The van der Waals surface area contributed by atoms with Crippen LogP contribution in [0.5, 0.6) is 0 Å². The Morgan fingerprint density at radius 2 is 1.94 bits per heavy atom. The second kappa shape index (κ2) is 3.73. The molecule has 5 unspecified atom stereocenters. The SMILES string of the molecule is CC1CC(C)(C)CC1(O)CC1CC2CCC1C2. The summed E-state index contributed by atoms with van der Waals surface area (Å²) in [7, 11) is 0. The number of hydrogen-bond donors (Lipinski definition) is 1. The van der Waals surface area contributed by atoms with Crippen LogP contribution in [-0.2, 0) is 0 Å². The van der Waals surface area contributed by atoms with E-state index in [-0.39, 0.29) is 5.60 Å². The summed E-state index contributed by atoms with van der Waals surface area (Å²) in [6, 6.07) is 0. The molecule has 2 bridgehead atoms. The average molecular weight is 236 g/mol. The summed E-state index contributed by atoms with van der Waals surface area (Å²) in [5.41, 5.74) is 0.00440. The Kier molecular flexibility index (Phi) is 2.63. The predicted octanol–water partition coefficient (Wildman–Crippen LogP) is 4.00. The van der Waals surface area contributed by atoms with E-state index in [0.717, 1.165) is 30.6 Å². The van der Waals surface area contributed by atoms with Gasteiger partial charge in [-0.05, 0) is 67.6 Å². The Morgan fingerprint density at radius 3 is 2.41 bits per heavy atom. The summed E-state index contributed by atoms with van der Waals surface area (Å²) in [5.74, 6) is 3.31. The van der Waals surface area contributed by atoms with Crippen molar-refractivity contribution in [2.24, 2.45) is 29.1 Å². The average Bonchev–Trinajstić information content (AvgIpc) is 2.80. The fourth-order valence-corrected chi connectivity index (χ4v) is 5.45. The molecule has 0 saturated heterocycles. The van der Waals surface area contributed by atoms with Crippen LogP contribution in [0.3, 0.4) is 0 Å². The lowest BCUT2D eigenvalue weighted by atomic mass is 9.76. The highest BCUT2D eigenvalue weighted by Crippen LogP contribution is 2.56. The van der Waals surface area contributed by atoms with Crippen LogP contribution in [0.2, 0.25) is 0 Å². The lowest BCUT2D eigenvalue weighted by Crippen LogP contribution is -2.36. The first-order chi connectivity index (χ1) is 7.88. The maximum Gasteiger partial charge on any atom is 0.0681 e. The first kappa shape index (κ1) is 12.0. The van der Waals surface area contributed by atoms with Crippen LogP contribution in [0, 0.1) is 29.1 Å². The second-order valence-corrected chi connectivity index (χ2v) is 8.19. The number of rotatable bonds is 2. The molecule has 0 amide bonds. The predicted molar refractivity (Wildman–Crippen MR) is 70.7 cm³/mol. The van der Waals surface area contributed by atoms with E-state index < -0.39 is 0 Å². The number of hydrogen-bond acceptors (Lipinski definition) is 1. The number of aliphatic hydroxyl groups is 1. The van der Waals surface area contributed by atoms with Gasteiger partial charge in [0.1, 0.15) is 0 Å². The Balaban J connectivity index is 1.68. The molecule has 3 saturated carbocycles. The Labute approximate surface area is 106 Å². The van der Waals surface area contributed by atoms with Crippen molar-refractivity contribution < 1.29 is 5.11 Å². The van der Waals surface area contributed by atoms with E-state index in [4.69, 9.17) is 0 Å². The summed E-state index contributed by atoms with van der Waals surface area (Å²) in [6.07, 6.45) is 9.13. The molecule has 0 heterocycles. The van der Waals surface area contributed by atoms with Gasteiger partial charge in [0, 0.05) is 0 Å². The zero-order chi connectivity index (χ0) is 12.3. The van der Waals surface area contributed by atoms with Gasteiger partial charge in [0.15, 0.2) is 0 Å². The monoisotopic (exact) mass is 236 g/mol. The molecule has 5 atom stereocenters. The Hall–Kier alpha value is -0.0400. The lowest BCUT2D eigenvalue weighted by Gasteiger charge is -2.34. The molecule has 0 aromatic rings. The van der Waals surface area contributed by atoms with Crippen LogP contribution in [0.1, 0.15) is 65.7 Å². The maximum atomic E-state index is 11.0. The van der Waals surface area contributed by atoms with Gasteiger partial charge in [0.25, 0.3) is 0 Å². The summed E-state index contributed by atoms with van der Waals surface area (Å²) >= 11 is 0. The molecule has 0 radical (unpaired) electrons. The van der Waals surface area contributed by atoms with E-state index in [0.29, 0.717) is 11.3 Å². The van der Waals surface area contributed by atoms with E-state index in [1.807, 2.05) is 0 Å². The van der Waals surface area contributed by atoms with Gasteiger partial charge in [-0.25, -0.2) is 0 Å². The molecule has 1 N–H and O–H groups in total. The van der Waals surface area contributed by atoms with Crippen LogP contribution in [-0.4, -0.2) is 10.7 Å². The fourth-order valence-electron chi connectivity index (χ4n) is 5.45. The van der Waals surface area contributed by atoms with Crippen molar-refractivity contribution in [3.05, 3.63) is 0 Å². The van der Waals surface area contributed by atoms with Gasteiger partial charge in [-0.1, -0.05) is 27.2 Å². The minimum atomic E-state index is -0.349. The van der Waals surface area contributed by atoms with Crippen molar-refractivity contribution in [2.75, 3.05) is 0 Å². The standard InChI is InChI=1S/C16H28O/c1-11-8-15(2,3)10-16(11,17)9-14-7-12-4-5-13(14)6-12/h11-14,17H,4-10H2,1-3H3. The van der Waals surface area contributed by atoms with Crippen molar-refractivity contribution >= 4 is 0 Å². The van der Waals surface area contributed by atoms with Gasteiger partial charge in [-0.15, -0.1) is 0 Å². The molecule has 3 aliphatic carbocycles. The molecular weight excluding hydrogens is 208 g/mol. The quantitative estimate of drug-likeness (QED) is 0.768. The van der Waals surface area contributed by atoms with Crippen LogP contribution in [0.4, 0.5) is 0 Å². The van der Waals surface area contributed by atoms with E-state index in [9.17, 15) is 5.11 Å². The minimum absolute atomic E-state index is 0.349. The van der Waals surface area contributed by atoms with Gasteiger partial charge in [0.05, 0.1) is 5.60 Å². The smallest absolute Gasteiger partial charge is 0.0681 e. The Morgan fingerprint density at radius 1 is 1.18 bits per heavy atom. The molecule has 1 heteroatoms. The zero-order valence-electron chi connectivity index (χ0n) is 11.7. The third-order valence-electron chi connectivity index (χ3n) is 6.06. The van der Waals surface area contributed by atoms with Gasteiger partial charge in [-0.3, -0.25) is 0 Å². The van der Waals surface area contributed by atoms with E-state index >= 15 is 0 Å².